The van der Waals surface area contributed by atoms with Crippen molar-refractivity contribution in [2.45, 2.75) is 32.8 Å². The maximum absolute atomic E-state index is 13.3. The zero-order valence-electron chi connectivity index (χ0n) is 18.2. The second kappa shape index (κ2) is 10.8. The van der Waals surface area contributed by atoms with Gasteiger partial charge >= 0.3 is 0 Å². The maximum Gasteiger partial charge on any atom is 0.282 e. The monoisotopic (exact) mass is 523 g/mol. The van der Waals surface area contributed by atoms with Crippen molar-refractivity contribution in [3.8, 4) is 5.75 Å². The number of para-hydroxylation sites is 1. The van der Waals surface area contributed by atoms with E-state index in [2.05, 4.69) is 28.0 Å². The summed E-state index contributed by atoms with van der Waals surface area (Å²) in [5.41, 5.74) is 2.26. The molecule has 4 aromatic rings. The van der Waals surface area contributed by atoms with Gasteiger partial charge in [-0.05, 0) is 54.4 Å². The van der Waals surface area contributed by atoms with Crippen LogP contribution in [0.4, 0.5) is 0 Å². The summed E-state index contributed by atoms with van der Waals surface area (Å²) in [5.74, 6) is 1.32. The summed E-state index contributed by atoms with van der Waals surface area (Å²) in [6, 6.07) is 20.7. The minimum Gasteiger partial charge on any atom is -0.488 e. The molecule has 5 nitrogen and oxygen atoms in total. The molecule has 0 aliphatic carbocycles. The number of benzene rings is 3. The number of halogens is 2. The van der Waals surface area contributed by atoms with Gasteiger partial charge in [0, 0.05) is 21.5 Å². The number of aryl methyl sites for hydroxylation is 1. The van der Waals surface area contributed by atoms with Crippen molar-refractivity contribution in [3.63, 3.8) is 0 Å². The van der Waals surface area contributed by atoms with Gasteiger partial charge in [-0.15, -0.1) is 0 Å². The Hall–Kier alpha value is -2.96. The fourth-order valence-electron chi connectivity index (χ4n) is 3.39. The molecule has 0 fully saturated rings. The fourth-order valence-corrected chi connectivity index (χ4v) is 3.88. The number of aromatic nitrogens is 2. The smallest absolute Gasteiger partial charge is 0.282 e. The Morgan fingerprint density at radius 1 is 1.12 bits per heavy atom. The topological polar surface area (TPSA) is 56.5 Å². The zero-order valence-corrected chi connectivity index (χ0v) is 20.5. The average molecular weight is 525 g/mol. The molecule has 0 amide bonds. The molecule has 3 aromatic carbocycles. The van der Waals surface area contributed by atoms with Crippen LogP contribution in [0.2, 0.25) is 5.02 Å². The Morgan fingerprint density at radius 2 is 1.91 bits per heavy atom. The number of unbranched alkanes of at least 4 members (excludes halogenated alkanes) is 1. The molecule has 0 aliphatic heterocycles. The quantitative estimate of drug-likeness (QED) is 0.244. The largest absolute Gasteiger partial charge is 0.488 e. The molecule has 4 rings (SSSR count). The minimum atomic E-state index is -0.191. The molecular weight excluding hydrogens is 502 g/mol. The first kappa shape index (κ1) is 23.2. The van der Waals surface area contributed by atoms with E-state index in [9.17, 15) is 4.79 Å². The van der Waals surface area contributed by atoms with Gasteiger partial charge in [-0.2, -0.15) is 9.78 Å². The van der Waals surface area contributed by atoms with Gasteiger partial charge in [0.25, 0.3) is 5.56 Å². The summed E-state index contributed by atoms with van der Waals surface area (Å²) < 4.78 is 8.25. The van der Waals surface area contributed by atoms with E-state index >= 15 is 0 Å². The molecule has 0 atom stereocenters. The van der Waals surface area contributed by atoms with E-state index < -0.39 is 0 Å². The van der Waals surface area contributed by atoms with Crippen molar-refractivity contribution in [2.24, 2.45) is 5.10 Å². The molecular formula is C26H23BrClN3O2. The van der Waals surface area contributed by atoms with E-state index in [4.69, 9.17) is 21.3 Å². The van der Waals surface area contributed by atoms with E-state index in [1.54, 1.807) is 12.3 Å². The summed E-state index contributed by atoms with van der Waals surface area (Å²) >= 11 is 9.40. The first-order valence-corrected chi connectivity index (χ1v) is 11.9. The summed E-state index contributed by atoms with van der Waals surface area (Å²) in [5, 5.41) is 5.75. The summed E-state index contributed by atoms with van der Waals surface area (Å²) in [4.78, 5) is 18.0. The average Bonchev–Trinajstić information content (AvgIpc) is 2.83. The Kier molecular flexibility index (Phi) is 7.57. The van der Waals surface area contributed by atoms with E-state index in [-0.39, 0.29) is 5.56 Å². The van der Waals surface area contributed by atoms with E-state index in [0.29, 0.717) is 40.5 Å². The van der Waals surface area contributed by atoms with Crippen molar-refractivity contribution in [1.82, 2.24) is 9.66 Å². The van der Waals surface area contributed by atoms with E-state index in [1.165, 1.54) is 4.68 Å². The highest BCUT2D eigenvalue weighted by Gasteiger charge is 2.11. The zero-order chi connectivity index (χ0) is 23.2. The lowest BCUT2D eigenvalue weighted by molar-refractivity contribution is 0.306. The second-order valence-electron chi connectivity index (χ2n) is 7.61. The number of fused-ring (bicyclic) bond motifs is 1. The molecule has 168 valence electrons. The molecule has 0 radical (unpaired) electrons. The Balaban J connectivity index is 1.67. The molecule has 0 aliphatic rings. The Labute approximate surface area is 205 Å². The molecule has 1 heterocycles. The molecule has 7 heteroatoms. The van der Waals surface area contributed by atoms with Crippen LogP contribution in [0.15, 0.2) is 81.1 Å². The number of rotatable bonds is 8. The standard InChI is InChI=1S/C26H23BrClN3O2/c1-2-3-8-25-30-23-14-11-20(27)15-22(23)26(32)31(25)29-16-19-6-4-5-7-24(19)33-17-18-9-12-21(28)13-10-18/h4-7,9-16H,2-3,8,17H2,1H3. The van der Waals surface area contributed by atoms with Crippen molar-refractivity contribution in [2.75, 3.05) is 0 Å². The SMILES string of the molecule is CCCCc1nc2ccc(Br)cc2c(=O)n1N=Cc1ccccc1OCc1ccc(Cl)cc1. The third-order valence-corrected chi connectivity index (χ3v) is 5.91. The lowest BCUT2D eigenvalue weighted by Gasteiger charge is -2.11. The summed E-state index contributed by atoms with van der Waals surface area (Å²) in [7, 11) is 0. The molecule has 0 saturated heterocycles. The van der Waals surface area contributed by atoms with Crippen molar-refractivity contribution in [1.29, 1.82) is 0 Å². The van der Waals surface area contributed by atoms with Crippen LogP contribution in [0.25, 0.3) is 10.9 Å². The van der Waals surface area contributed by atoms with E-state index in [0.717, 1.165) is 28.4 Å². The molecule has 0 spiro atoms. The van der Waals surface area contributed by atoms with Crippen LogP contribution in [-0.2, 0) is 13.0 Å². The van der Waals surface area contributed by atoms with Gasteiger partial charge < -0.3 is 4.74 Å². The van der Waals surface area contributed by atoms with Crippen molar-refractivity contribution in [3.05, 3.63) is 104 Å². The number of hydrogen-bond acceptors (Lipinski definition) is 4. The van der Waals surface area contributed by atoms with Gasteiger partial charge in [-0.25, -0.2) is 4.98 Å². The van der Waals surface area contributed by atoms with Crippen LogP contribution in [0.1, 0.15) is 36.7 Å². The normalized spacial score (nSPS) is 11.4. The molecule has 0 saturated carbocycles. The van der Waals surface area contributed by atoms with Gasteiger partial charge in [0.1, 0.15) is 18.2 Å². The van der Waals surface area contributed by atoms with Gasteiger partial charge in [-0.3, -0.25) is 4.79 Å². The molecule has 0 unspecified atom stereocenters. The van der Waals surface area contributed by atoms with Gasteiger partial charge in [0.15, 0.2) is 0 Å². The maximum atomic E-state index is 13.3. The minimum absolute atomic E-state index is 0.191. The van der Waals surface area contributed by atoms with Gasteiger partial charge in [0.2, 0.25) is 0 Å². The number of hydrogen-bond donors (Lipinski definition) is 0. The van der Waals surface area contributed by atoms with Crippen LogP contribution in [-0.4, -0.2) is 15.9 Å². The molecule has 33 heavy (non-hydrogen) atoms. The highest BCUT2D eigenvalue weighted by atomic mass is 79.9. The summed E-state index contributed by atoms with van der Waals surface area (Å²) in [6.07, 6.45) is 4.24. The molecule has 0 N–H and O–H groups in total. The summed E-state index contributed by atoms with van der Waals surface area (Å²) in [6.45, 7) is 2.51. The first-order chi connectivity index (χ1) is 16.0. The van der Waals surface area contributed by atoms with Crippen LogP contribution < -0.4 is 10.3 Å². The number of ether oxygens (including phenoxy) is 1. The highest BCUT2D eigenvalue weighted by Crippen LogP contribution is 2.20. The Morgan fingerprint density at radius 3 is 2.70 bits per heavy atom. The lowest BCUT2D eigenvalue weighted by atomic mass is 10.2. The highest BCUT2D eigenvalue weighted by molar-refractivity contribution is 9.10. The Bertz CT molecular complexity index is 1350. The van der Waals surface area contributed by atoms with E-state index in [1.807, 2.05) is 60.7 Å². The first-order valence-electron chi connectivity index (χ1n) is 10.8. The third kappa shape index (κ3) is 5.70. The van der Waals surface area contributed by atoms with Crippen LogP contribution in [0, 0.1) is 0 Å². The fraction of sp³-hybridized carbons (Fsp3) is 0.192. The van der Waals surface area contributed by atoms with Gasteiger partial charge in [0.05, 0.1) is 17.1 Å². The van der Waals surface area contributed by atoms with Crippen molar-refractivity contribution < 1.29 is 4.74 Å². The predicted octanol–water partition coefficient (Wildman–Crippen LogP) is 6.62. The predicted molar refractivity (Wildman–Crippen MR) is 138 cm³/mol. The van der Waals surface area contributed by atoms with Crippen LogP contribution in [0.3, 0.4) is 0 Å². The third-order valence-electron chi connectivity index (χ3n) is 5.17. The van der Waals surface area contributed by atoms with Gasteiger partial charge in [-0.1, -0.05) is 65.1 Å². The molecule has 0 bridgehead atoms. The van der Waals surface area contributed by atoms with Crippen molar-refractivity contribution >= 4 is 44.6 Å². The molecule has 1 aromatic heterocycles. The van der Waals surface area contributed by atoms with Crippen LogP contribution in [0.5, 0.6) is 5.75 Å². The number of nitrogens with zero attached hydrogens (tertiary/aromatic N) is 3. The van der Waals surface area contributed by atoms with Crippen LogP contribution >= 0.6 is 27.5 Å². The second-order valence-corrected chi connectivity index (χ2v) is 8.96. The lowest BCUT2D eigenvalue weighted by Crippen LogP contribution is -2.22.